The number of nitrogens with zero attached hydrogens (tertiary/aromatic N) is 1. The van der Waals surface area contributed by atoms with Crippen molar-refractivity contribution in [2.24, 2.45) is 11.1 Å². The number of hydrogen-bond acceptors (Lipinski definition) is 5. The van der Waals surface area contributed by atoms with Crippen molar-refractivity contribution >= 4 is 17.2 Å². The molecule has 3 atom stereocenters. The van der Waals surface area contributed by atoms with E-state index in [1.807, 2.05) is 63.4 Å². The van der Waals surface area contributed by atoms with Crippen LogP contribution in [0.15, 0.2) is 35.7 Å². The highest BCUT2D eigenvalue weighted by Gasteiger charge is 2.63. The Morgan fingerprint density at radius 1 is 1.42 bits per heavy atom. The fraction of sp³-hybridized carbons (Fsp3) is 0.500. The second-order valence-electron chi connectivity index (χ2n) is 7.47. The molecule has 0 spiro atoms. The Kier molecular flexibility index (Phi) is 5.19. The van der Waals surface area contributed by atoms with Crippen LogP contribution in [0.25, 0.3) is 11.3 Å². The predicted molar refractivity (Wildman–Crippen MR) is 105 cm³/mol. The summed E-state index contributed by atoms with van der Waals surface area (Å²) in [6.45, 7) is 8.53. The van der Waals surface area contributed by atoms with Gasteiger partial charge in [0.15, 0.2) is 0 Å². The molecular formula is C20H27N3O2S. The van der Waals surface area contributed by atoms with Gasteiger partial charge in [-0.05, 0) is 13.8 Å². The van der Waals surface area contributed by atoms with E-state index in [-0.39, 0.29) is 18.1 Å². The molecule has 5 nitrogen and oxygen atoms in total. The van der Waals surface area contributed by atoms with Gasteiger partial charge in [-0.3, -0.25) is 4.79 Å². The van der Waals surface area contributed by atoms with E-state index in [1.165, 1.54) is 0 Å². The number of carbonyl (C=O) groups is 1. The molecule has 0 radical (unpaired) electrons. The molecule has 2 aromatic rings. The molecule has 1 saturated carbocycles. The monoisotopic (exact) mass is 373 g/mol. The highest BCUT2D eigenvalue weighted by Crippen LogP contribution is 2.50. The van der Waals surface area contributed by atoms with Gasteiger partial charge in [0.25, 0.3) is 0 Å². The Morgan fingerprint density at radius 2 is 2.12 bits per heavy atom. The van der Waals surface area contributed by atoms with E-state index in [4.69, 9.17) is 10.5 Å². The zero-order valence-corrected chi connectivity index (χ0v) is 16.6. The molecule has 3 rings (SSSR count). The summed E-state index contributed by atoms with van der Waals surface area (Å²) in [6.07, 6.45) is 0.558. The van der Waals surface area contributed by atoms with Crippen molar-refractivity contribution in [3.05, 3.63) is 40.7 Å². The first-order valence-electron chi connectivity index (χ1n) is 9.02. The van der Waals surface area contributed by atoms with E-state index >= 15 is 0 Å². The maximum absolute atomic E-state index is 12.9. The molecule has 0 bridgehead atoms. The summed E-state index contributed by atoms with van der Waals surface area (Å²) >= 11 is 1.55. The van der Waals surface area contributed by atoms with Gasteiger partial charge in [0.2, 0.25) is 5.91 Å². The van der Waals surface area contributed by atoms with Gasteiger partial charge >= 0.3 is 0 Å². The number of hydrogen-bond donors (Lipinski definition) is 2. The van der Waals surface area contributed by atoms with Crippen molar-refractivity contribution in [1.29, 1.82) is 0 Å². The van der Waals surface area contributed by atoms with Crippen LogP contribution in [0, 0.1) is 5.41 Å². The molecule has 0 saturated heterocycles. The summed E-state index contributed by atoms with van der Waals surface area (Å²) in [4.78, 5) is 17.5. The highest BCUT2D eigenvalue weighted by molar-refractivity contribution is 7.10. The third-order valence-electron chi connectivity index (χ3n) is 5.54. The molecule has 1 aromatic heterocycles. The average Bonchev–Trinajstić information content (AvgIpc) is 3.12. The van der Waals surface area contributed by atoms with E-state index < -0.39 is 11.0 Å². The third-order valence-corrected chi connectivity index (χ3v) is 6.57. The Hall–Kier alpha value is -1.76. The lowest BCUT2D eigenvalue weighted by Gasteiger charge is -2.57. The van der Waals surface area contributed by atoms with E-state index in [9.17, 15) is 4.79 Å². The number of amides is 1. The van der Waals surface area contributed by atoms with Crippen LogP contribution in [0.5, 0.6) is 0 Å². The first-order chi connectivity index (χ1) is 12.3. The van der Waals surface area contributed by atoms with Gasteiger partial charge < -0.3 is 15.8 Å². The van der Waals surface area contributed by atoms with Crippen LogP contribution in [0.2, 0.25) is 0 Å². The SMILES string of the molecule is CCOC1CC(N)(C(=O)NC(C)c2nc(-c3ccccc3)cs2)C1(C)C. The van der Waals surface area contributed by atoms with Crippen LogP contribution in [0.1, 0.15) is 45.2 Å². The van der Waals surface area contributed by atoms with Gasteiger partial charge in [0.1, 0.15) is 10.5 Å². The fourth-order valence-electron chi connectivity index (χ4n) is 3.44. The molecule has 1 fully saturated rings. The fourth-order valence-corrected chi connectivity index (χ4v) is 4.27. The Balaban J connectivity index is 1.68. The van der Waals surface area contributed by atoms with E-state index in [1.54, 1.807) is 11.3 Å². The molecule has 3 unspecified atom stereocenters. The Morgan fingerprint density at radius 3 is 2.73 bits per heavy atom. The van der Waals surface area contributed by atoms with Crippen LogP contribution >= 0.6 is 11.3 Å². The summed E-state index contributed by atoms with van der Waals surface area (Å²) in [5.74, 6) is -0.137. The molecule has 0 aliphatic heterocycles. The summed E-state index contributed by atoms with van der Waals surface area (Å²) in [6, 6.07) is 9.84. The van der Waals surface area contributed by atoms with Crippen molar-refractivity contribution in [2.75, 3.05) is 6.61 Å². The third kappa shape index (κ3) is 3.17. The molecular weight excluding hydrogens is 346 g/mol. The number of ether oxygens (including phenoxy) is 1. The van der Waals surface area contributed by atoms with E-state index in [0.29, 0.717) is 13.0 Å². The Labute approximate surface area is 159 Å². The van der Waals surface area contributed by atoms with Gasteiger partial charge in [-0.2, -0.15) is 0 Å². The van der Waals surface area contributed by atoms with Crippen molar-refractivity contribution in [1.82, 2.24) is 10.3 Å². The van der Waals surface area contributed by atoms with Crippen molar-refractivity contribution in [3.8, 4) is 11.3 Å². The van der Waals surface area contributed by atoms with Crippen molar-refractivity contribution in [2.45, 2.75) is 51.8 Å². The zero-order valence-electron chi connectivity index (χ0n) is 15.8. The van der Waals surface area contributed by atoms with Crippen molar-refractivity contribution < 1.29 is 9.53 Å². The van der Waals surface area contributed by atoms with Gasteiger partial charge in [-0.25, -0.2) is 4.98 Å². The molecule has 1 aromatic carbocycles. The number of carbonyl (C=O) groups excluding carboxylic acids is 1. The second kappa shape index (κ2) is 7.10. The van der Waals surface area contributed by atoms with Gasteiger partial charge in [0, 0.05) is 29.4 Å². The number of aromatic nitrogens is 1. The molecule has 140 valence electrons. The number of nitrogens with two attached hydrogens (primary N) is 1. The van der Waals surface area contributed by atoms with E-state index in [0.717, 1.165) is 16.3 Å². The number of thiazole rings is 1. The van der Waals surface area contributed by atoms with Gasteiger partial charge in [-0.15, -0.1) is 11.3 Å². The minimum absolute atomic E-state index is 0.0168. The van der Waals surface area contributed by atoms with Crippen LogP contribution in [-0.4, -0.2) is 29.1 Å². The summed E-state index contributed by atoms with van der Waals surface area (Å²) in [7, 11) is 0. The average molecular weight is 374 g/mol. The number of benzene rings is 1. The normalized spacial score (nSPS) is 25.3. The molecule has 1 amide bonds. The molecule has 3 N–H and O–H groups in total. The zero-order chi connectivity index (χ0) is 18.9. The lowest BCUT2D eigenvalue weighted by molar-refractivity contribution is -0.171. The second-order valence-corrected chi connectivity index (χ2v) is 8.36. The predicted octanol–water partition coefficient (Wildman–Crippen LogP) is 3.52. The number of rotatable bonds is 6. The molecule has 26 heavy (non-hydrogen) atoms. The van der Waals surface area contributed by atoms with Crippen LogP contribution in [0.4, 0.5) is 0 Å². The largest absolute Gasteiger partial charge is 0.378 e. The standard InChI is InChI=1S/C20H27N3O2S/c1-5-25-16-11-20(21,19(16,3)4)18(24)22-13(2)17-23-15(12-26-17)14-9-7-6-8-10-14/h6-10,12-13,16H,5,11,21H2,1-4H3,(H,22,24). The molecule has 1 heterocycles. The van der Waals surface area contributed by atoms with Crippen molar-refractivity contribution in [3.63, 3.8) is 0 Å². The maximum atomic E-state index is 12.9. The van der Waals surface area contributed by atoms with Gasteiger partial charge in [0.05, 0.1) is 17.8 Å². The smallest absolute Gasteiger partial charge is 0.241 e. The first kappa shape index (κ1) is 19.0. The molecule has 1 aliphatic carbocycles. The number of nitrogens with one attached hydrogen (secondary N) is 1. The topological polar surface area (TPSA) is 77.2 Å². The maximum Gasteiger partial charge on any atom is 0.241 e. The van der Waals surface area contributed by atoms with Crippen LogP contribution in [0.3, 0.4) is 0 Å². The van der Waals surface area contributed by atoms with E-state index in [2.05, 4.69) is 10.3 Å². The molecule has 6 heteroatoms. The first-order valence-corrected chi connectivity index (χ1v) is 9.90. The minimum Gasteiger partial charge on any atom is -0.378 e. The van der Waals surface area contributed by atoms with Gasteiger partial charge in [-0.1, -0.05) is 44.2 Å². The minimum atomic E-state index is -0.916. The Bertz CT molecular complexity index is 774. The van der Waals surface area contributed by atoms with Crippen LogP contribution < -0.4 is 11.1 Å². The lowest BCUT2D eigenvalue weighted by Crippen LogP contribution is -2.75. The lowest BCUT2D eigenvalue weighted by atomic mass is 9.54. The molecule has 1 aliphatic rings. The highest BCUT2D eigenvalue weighted by atomic mass is 32.1. The van der Waals surface area contributed by atoms with Crippen LogP contribution in [-0.2, 0) is 9.53 Å². The quantitative estimate of drug-likeness (QED) is 0.812. The summed E-state index contributed by atoms with van der Waals surface area (Å²) in [5.41, 5.74) is 7.14. The summed E-state index contributed by atoms with van der Waals surface area (Å²) < 4.78 is 5.71. The summed E-state index contributed by atoms with van der Waals surface area (Å²) in [5, 5.41) is 5.94.